The number of benzene rings is 2. The summed E-state index contributed by atoms with van der Waals surface area (Å²) in [6.07, 6.45) is 3.44. The zero-order chi connectivity index (χ0) is 19.5. The second kappa shape index (κ2) is 7.56. The number of carbonyl (C=O) groups is 1. The van der Waals surface area contributed by atoms with Crippen molar-refractivity contribution < 1.29 is 13.9 Å². The van der Waals surface area contributed by atoms with Gasteiger partial charge in [0.1, 0.15) is 11.3 Å². The molecule has 0 aliphatic carbocycles. The van der Waals surface area contributed by atoms with Crippen molar-refractivity contribution in [1.29, 1.82) is 0 Å². The number of rotatable bonds is 5. The summed E-state index contributed by atoms with van der Waals surface area (Å²) in [4.78, 5) is 17.2. The molecule has 2 aromatic heterocycles. The molecule has 0 radical (unpaired) electrons. The Labute approximate surface area is 163 Å². The maximum atomic E-state index is 13.1. The van der Waals surface area contributed by atoms with Crippen LogP contribution < -0.4 is 10.1 Å². The first kappa shape index (κ1) is 17.8. The molecule has 2 aromatic carbocycles. The van der Waals surface area contributed by atoms with Crippen molar-refractivity contribution in [2.75, 3.05) is 7.11 Å². The van der Waals surface area contributed by atoms with Gasteiger partial charge in [-0.1, -0.05) is 30.3 Å². The van der Waals surface area contributed by atoms with E-state index in [4.69, 9.17) is 9.15 Å². The third kappa shape index (κ3) is 3.34. The fourth-order valence-corrected chi connectivity index (χ4v) is 3.30. The molecule has 1 unspecified atom stereocenters. The number of nitrogens with one attached hydrogen (secondary N) is 1. The van der Waals surface area contributed by atoms with Gasteiger partial charge in [-0.2, -0.15) is 0 Å². The Hall–Kier alpha value is -3.60. The Morgan fingerprint density at radius 2 is 1.75 bits per heavy atom. The monoisotopic (exact) mass is 372 g/mol. The number of ether oxygens (including phenoxy) is 1. The van der Waals surface area contributed by atoms with E-state index in [1.807, 2.05) is 67.6 Å². The van der Waals surface area contributed by atoms with Gasteiger partial charge in [-0.15, -0.1) is 0 Å². The summed E-state index contributed by atoms with van der Waals surface area (Å²) >= 11 is 0. The highest BCUT2D eigenvalue weighted by molar-refractivity contribution is 5.99. The first-order valence-corrected chi connectivity index (χ1v) is 9.00. The summed E-state index contributed by atoms with van der Waals surface area (Å²) in [6, 6.07) is 18.8. The van der Waals surface area contributed by atoms with E-state index in [9.17, 15) is 4.79 Å². The molecule has 5 heteroatoms. The van der Waals surface area contributed by atoms with Crippen LogP contribution in [-0.2, 0) is 0 Å². The van der Waals surface area contributed by atoms with Crippen LogP contribution in [0.3, 0.4) is 0 Å². The molecule has 0 aliphatic heterocycles. The van der Waals surface area contributed by atoms with Gasteiger partial charge in [0.05, 0.1) is 13.2 Å². The molecule has 1 amide bonds. The molecular weight excluding hydrogens is 352 g/mol. The molecule has 0 fully saturated rings. The molecule has 28 heavy (non-hydrogen) atoms. The van der Waals surface area contributed by atoms with Gasteiger partial charge in [0, 0.05) is 23.3 Å². The van der Waals surface area contributed by atoms with Crippen molar-refractivity contribution in [1.82, 2.24) is 10.3 Å². The summed E-state index contributed by atoms with van der Waals surface area (Å²) < 4.78 is 11.1. The number of hydrogen-bond donors (Lipinski definition) is 1. The number of aryl methyl sites for hydroxylation is 1. The number of amides is 1. The number of nitrogens with zero attached hydrogens (tertiary/aromatic N) is 1. The second-order valence-electron chi connectivity index (χ2n) is 6.52. The summed E-state index contributed by atoms with van der Waals surface area (Å²) in [5.74, 6) is 0.763. The molecule has 0 spiro atoms. The van der Waals surface area contributed by atoms with Crippen LogP contribution in [0.15, 0.2) is 77.5 Å². The fourth-order valence-electron chi connectivity index (χ4n) is 3.30. The molecule has 0 saturated carbocycles. The van der Waals surface area contributed by atoms with Crippen LogP contribution in [-0.4, -0.2) is 18.0 Å². The van der Waals surface area contributed by atoms with Crippen LogP contribution >= 0.6 is 0 Å². The number of furan rings is 1. The SMILES string of the molecule is COc1ccc2oc(C(=O)NC(c3ccccc3)c3ccncc3)c(C)c2c1. The van der Waals surface area contributed by atoms with E-state index in [1.54, 1.807) is 19.5 Å². The summed E-state index contributed by atoms with van der Waals surface area (Å²) in [7, 11) is 1.61. The lowest BCUT2D eigenvalue weighted by Gasteiger charge is -2.19. The van der Waals surface area contributed by atoms with Gasteiger partial charge in [0.15, 0.2) is 5.76 Å². The minimum Gasteiger partial charge on any atom is -0.497 e. The number of fused-ring (bicyclic) bond motifs is 1. The van der Waals surface area contributed by atoms with Gasteiger partial charge >= 0.3 is 0 Å². The average molecular weight is 372 g/mol. The zero-order valence-corrected chi connectivity index (χ0v) is 15.7. The van der Waals surface area contributed by atoms with Gasteiger partial charge in [0.25, 0.3) is 5.91 Å². The quantitative estimate of drug-likeness (QED) is 0.553. The van der Waals surface area contributed by atoms with E-state index in [0.717, 1.165) is 27.8 Å². The van der Waals surface area contributed by atoms with E-state index < -0.39 is 0 Å². The standard InChI is InChI=1S/C23H20N2O3/c1-15-19-14-18(27-2)8-9-20(19)28-22(15)23(26)25-21(16-6-4-3-5-7-16)17-10-12-24-13-11-17/h3-14,21H,1-2H3,(H,25,26). The van der Waals surface area contributed by atoms with Crippen molar-refractivity contribution in [3.8, 4) is 5.75 Å². The lowest BCUT2D eigenvalue weighted by atomic mass is 9.99. The fraction of sp³-hybridized carbons (Fsp3) is 0.130. The Bertz CT molecular complexity index is 1070. The Kier molecular flexibility index (Phi) is 4.81. The third-order valence-electron chi connectivity index (χ3n) is 4.80. The predicted molar refractivity (Wildman–Crippen MR) is 107 cm³/mol. The smallest absolute Gasteiger partial charge is 0.288 e. The van der Waals surface area contributed by atoms with Crippen molar-refractivity contribution in [2.45, 2.75) is 13.0 Å². The molecule has 0 aliphatic rings. The van der Waals surface area contributed by atoms with Crippen LogP contribution in [0.25, 0.3) is 11.0 Å². The molecule has 140 valence electrons. The van der Waals surface area contributed by atoms with Crippen LogP contribution in [0.4, 0.5) is 0 Å². The highest BCUT2D eigenvalue weighted by atomic mass is 16.5. The van der Waals surface area contributed by atoms with Gasteiger partial charge < -0.3 is 14.5 Å². The third-order valence-corrected chi connectivity index (χ3v) is 4.80. The number of carbonyl (C=O) groups excluding carboxylic acids is 1. The van der Waals surface area contributed by atoms with E-state index in [1.165, 1.54) is 0 Å². The van der Waals surface area contributed by atoms with Crippen LogP contribution in [0.2, 0.25) is 0 Å². The Balaban J connectivity index is 1.70. The Morgan fingerprint density at radius 3 is 2.46 bits per heavy atom. The van der Waals surface area contributed by atoms with Crippen molar-refractivity contribution in [3.63, 3.8) is 0 Å². The molecular formula is C23H20N2O3. The maximum Gasteiger partial charge on any atom is 0.288 e. The minimum atomic E-state index is -0.307. The van der Waals surface area contributed by atoms with E-state index in [-0.39, 0.29) is 11.9 Å². The molecule has 1 N–H and O–H groups in total. The lowest BCUT2D eigenvalue weighted by Crippen LogP contribution is -2.29. The largest absolute Gasteiger partial charge is 0.497 e. The molecule has 1 atom stereocenters. The van der Waals surface area contributed by atoms with E-state index in [2.05, 4.69) is 10.3 Å². The van der Waals surface area contributed by atoms with E-state index in [0.29, 0.717) is 11.3 Å². The lowest BCUT2D eigenvalue weighted by molar-refractivity contribution is 0.0916. The first-order valence-electron chi connectivity index (χ1n) is 9.00. The number of aromatic nitrogens is 1. The van der Waals surface area contributed by atoms with Gasteiger partial charge in [-0.05, 0) is 48.4 Å². The average Bonchev–Trinajstić information content (AvgIpc) is 3.09. The van der Waals surface area contributed by atoms with Crippen molar-refractivity contribution in [3.05, 3.63) is 95.5 Å². The number of pyridine rings is 1. The molecule has 5 nitrogen and oxygen atoms in total. The summed E-state index contributed by atoms with van der Waals surface area (Å²) in [6.45, 7) is 1.88. The zero-order valence-electron chi connectivity index (χ0n) is 15.7. The summed E-state index contributed by atoms with van der Waals surface area (Å²) in [5, 5.41) is 3.97. The van der Waals surface area contributed by atoms with Crippen molar-refractivity contribution >= 4 is 16.9 Å². The molecule has 4 rings (SSSR count). The molecule has 2 heterocycles. The van der Waals surface area contributed by atoms with Crippen molar-refractivity contribution in [2.24, 2.45) is 0 Å². The minimum absolute atomic E-state index is 0.265. The number of methoxy groups -OCH3 is 1. The van der Waals surface area contributed by atoms with E-state index >= 15 is 0 Å². The number of hydrogen-bond acceptors (Lipinski definition) is 4. The highest BCUT2D eigenvalue weighted by Gasteiger charge is 2.23. The maximum absolute atomic E-state index is 13.1. The second-order valence-corrected chi connectivity index (χ2v) is 6.52. The van der Waals surface area contributed by atoms with Gasteiger partial charge in [0.2, 0.25) is 0 Å². The van der Waals surface area contributed by atoms with Crippen LogP contribution in [0.1, 0.15) is 33.3 Å². The summed E-state index contributed by atoms with van der Waals surface area (Å²) in [5.41, 5.74) is 3.37. The van der Waals surface area contributed by atoms with Crippen LogP contribution in [0.5, 0.6) is 5.75 Å². The van der Waals surface area contributed by atoms with Gasteiger partial charge in [-0.25, -0.2) is 0 Å². The molecule has 0 bridgehead atoms. The predicted octanol–water partition coefficient (Wildman–Crippen LogP) is 4.66. The molecule has 0 saturated heterocycles. The normalized spacial score (nSPS) is 11.9. The topological polar surface area (TPSA) is 64.4 Å². The van der Waals surface area contributed by atoms with Gasteiger partial charge in [-0.3, -0.25) is 9.78 Å². The highest BCUT2D eigenvalue weighted by Crippen LogP contribution is 2.30. The Morgan fingerprint density at radius 1 is 1.04 bits per heavy atom. The molecule has 4 aromatic rings. The first-order chi connectivity index (χ1) is 13.7. The van der Waals surface area contributed by atoms with Crippen LogP contribution in [0, 0.1) is 6.92 Å².